The van der Waals surface area contributed by atoms with Gasteiger partial charge in [0.15, 0.2) is 0 Å². The van der Waals surface area contributed by atoms with Crippen LogP contribution < -0.4 is 10.6 Å². The summed E-state index contributed by atoms with van der Waals surface area (Å²) < 4.78 is 0. The molecule has 1 saturated heterocycles. The van der Waals surface area contributed by atoms with Gasteiger partial charge in [0.2, 0.25) is 0 Å². The van der Waals surface area contributed by atoms with E-state index in [0.717, 1.165) is 31.8 Å². The Morgan fingerprint density at radius 1 is 1.21 bits per heavy atom. The van der Waals surface area contributed by atoms with Gasteiger partial charge in [-0.2, -0.15) is 0 Å². The molecule has 2 N–H and O–H groups in total. The molecule has 1 aliphatic heterocycles. The van der Waals surface area contributed by atoms with E-state index in [4.69, 9.17) is 10.7 Å². The first-order valence-electron chi connectivity index (χ1n) is 7.52. The van der Waals surface area contributed by atoms with Crippen molar-refractivity contribution in [1.29, 1.82) is 0 Å². The van der Waals surface area contributed by atoms with Gasteiger partial charge < -0.3 is 10.6 Å². The predicted molar refractivity (Wildman–Crippen MR) is 77.5 cm³/mol. The fraction of sp³-hybridized carbons (Fsp3) is 0.733. The number of rotatable bonds is 3. The van der Waals surface area contributed by atoms with Crippen molar-refractivity contribution >= 4 is 5.69 Å². The highest BCUT2D eigenvalue weighted by Crippen LogP contribution is 2.43. The van der Waals surface area contributed by atoms with Gasteiger partial charge in [0.05, 0.1) is 17.6 Å². The summed E-state index contributed by atoms with van der Waals surface area (Å²) >= 11 is 0. The Bertz CT molecular complexity index is 445. The first-order valence-corrected chi connectivity index (χ1v) is 7.52. The Hall–Kier alpha value is -1.16. The van der Waals surface area contributed by atoms with Gasteiger partial charge in [-0.3, -0.25) is 0 Å². The molecule has 0 bridgehead atoms. The summed E-state index contributed by atoms with van der Waals surface area (Å²) in [6.45, 7) is 6.41. The first-order chi connectivity index (χ1) is 9.15. The Morgan fingerprint density at radius 2 is 1.89 bits per heavy atom. The molecule has 0 unspecified atom stereocenters. The van der Waals surface area contributed by atoms with Gasteiger partial charge in [0, 0.05) is 31.0 Å². The highest BCUT2D eigenvalue weighted by molar-refractivity contribution is 5.52. The molecule has 2 fully saturated rings. The fourth-order valence-corrected chi connectivity index (χ4v) is 2.72. The zero-order valence-electron chi connectivity index (χ0n) is 12.0. The van der Waals surface area contributed by atoms with Crippen molar-refractivity contribution in [1.82, 2.24) is 9.97 Å². The largest absolute Gasteiger partial charge is 0.369 e. The van der Waals surface area contributed by atoms with E-state index in [1.54, 1.807) is 0 Å². The number of hydrogen-bond acceptors (Lipinski definition) is 4. The molecule has 1 saturated carbocycles. The van der Waals surface area contributed by atoms with Crippen molar-refractivity contribution < 1.29 is 0 Å². The molecule has 0 aromatic carbocycles. The highest BCUT2D eigenvalue weighted by atomic mass is 15.2. The molecular weight excluding hydrogens is 236 g/mol. The molecule has 0 spiro atoms. The molecule has 0 atom stereocenters. The number of aromatic nitrogens is 2. The fourth-order valence-electron chi connectivity index (χ4n) is 2.72. The summed E-state index contributed by atoms with van der Waals surface area (Å²) in [6.07, 6.45) is 6.78. The van der Waals surface area contributed by atoms with Crippen molar-refractivity contribution in [3.8, 4) is 0 Å². The molecule has 4 heteroatoms. The topological polar surface area (TPSA) is 55.0 Å². The van der Waals surface area contributed by atoms with Crippen LogP contribution in [0.1, 0.15) is 62.9 Å². The van der Waals surface area contributed by atoms with Crippen LogP contribution in [0.4, 0.5) is 5.69 Å². The van der Waals surface area contributed by atoms with Crippen molar-refractivity contribution in [3.05, 3.63) is 17.7 Å². The summed E-state index contributed by atoms with van der Waals surface area (Å²) in [6, 6.07) is 0.372. The lowest BCUT2D eigenvalue weighted by Crippen LogP contribution is -2.40. The maximum absolute atomic E-state index is 5.99. The standard InChI is InChI=1S/C15H24N4/c1-10(2)15-17-9-13(14(18-15)11-3-4-11)19-7-5-12(16)6-8-19/h9-12H,3-8,16H2,1-2H3. The van der Waals surface area contributed by atoms with Crippen molar-refractivity contribution in [2.24, 2.45) is 5.73 Å². The third-order valence-corrected chi connectivity index (χ3v) is 4.18. The van der Waals surface area contributed by atoms with E-state index >= 15 is 0 Å². The molecular formula is C15H24N4. The Labute approximate surface area is 115 Å². The average molecular weight is 260 g/mol. The van der Waals surface area contributed by atoms with Crippen LogP contribution in [0.2, 0.25) is 0 Å². The van der Waals surface area contributed by atoms with Crippen LogP contribution in [-0.2, 0) is 0 Å². The molecule has 2 heterocycles. The second kappa shape index (κ2) is 5.08. The Kier molecular flexibility index (Phi) is 3.44. The van der Waals surface area contributed by atoms with Crippen LogP contribution in [0.3, 0.4) is 0 Å². The number of hydrogen-bond donors (Lipinski definition) is 1. The summed E-state index contributed by atoms with van der Waals surface area (Å²) in [4.78, 5) is 11.8. The summed E-state index contributed by atoms with van der Waals surface area (Å²) in [5.41, 5.74) is 8.54. The van der Waals surface area contributed by atoms with Crippen molar-refractivity contribution in [2.45, 2.75) is 57.4 Å². The zero-order chi connectivity index (χ0) is 13.4. The van der Waals surface area contributed by atoms with Crippen LogP contribution in [-0.4, -0.2) is 29.1 Å². The number of nitrogens with zero attached hydrogens (tertiary/aromatic N) is 3. The third-order valence-electron chi connectivity index (χ3n) is 4.18. The Morgan fingerprint density at radius 3 is 2.47 bits per heavy atom. The number of nitrogens with two attached hydrogens (primary N) is 1. The highest BCUT2D eigenvalue weighted by Gasteiger charge is 2.31. The zero-order valence-corrected chi connectivity index (χ0v) is 12.0. The second-order valence-corrected chi connectivity index (χ2v) is 6.25. The van der Waals surface area contributed by atoms with Gasteiger partial charge in [0.25, 0.3) is 0 Å². The van der Waals surface area contributed by atoms with E-state index in [0.29, 0.717) is 17.9 Å². The smallest absolute Gasteiger partial charge is 0.131 e. The third kappa shape index (κ3) is 2.73. The van der Waals surface area contributed by atoms with Gasteiger partial charge in [-0.15, -0.1) is 0 Å². The van der Waals surface area contributed by atoms with E-state index in [1.807, 2.05) is 6.20 Å². The summed E-state index contributed by atoms with van der Waals surface area (Å²) in [5.74, 6) is 2.06. The monoisotopic (exact) mass is 260 g/mol. The molecule has 2 aliphatic rings. The van der Waals surface area contributed by atoms with E-state index in [9.17, 15) is 0 Å². The van der Waals surface area contributed by atoms with Crippen LogP contribution in [0.15, 0.2) is 6.20 Å². The number of anilines is 1. The van der Waals surface area contributed by atoms with Crippen molar-refractivity contribution in [2.75, 3.05) is 18.0 Å². The molecule has 3 rings (SSSR count). The minimum Gasteiger partial charge on any atom is -0.369 e. The van der Waals surface area contributed by atoms with E-state index in [2.05, 4.69) is 23.7 Å². The van der Waals surface area contributed by atoms with Gasteiger partial charge in [0.1, 0.15) is 5.82 Å². The van der Waals surface area contributed by atoms with Gasteiger partial charge in [-0.25, -0.2) is 9.97 Å². The van der Waals surface area contributed by atoms with Crippen LogP contribution >= 0.6 is 0 Å². The SMILES string of the molecule is CC(C)c1ncc(N2CCC(N)CC2)c(C2CC2)n1. The molecule has 0 radical (unpaired) electrons. The van der Waals surface area contributed by atoms with Crippen molar-refractivity contribution in [3.63, 3.8) is 0 Å². The lowest BCUT2D eigenvalue weighted by molar-refractivity contribution is 0.499. The molecule has 19 heavy (non-hydrogen) atoms. The Balaban J connectivity index is 1.87. The minimum absolute atomic E-state index is 0.372. The quantitative estimate of drug-likeness (QED) is 0.906. The van der Waals surface area contributed by atoms with E-state index in [-0.39, 0.29) is 0 Å². The maximum atomic E-state index is 5.99. The van der Waals surface area contributed by atoms with Gasteiger partial charge in [-0.1, -0.05) is 13.8 Å². The van der Waals surface area contributed by atoms with Crippen LogP contribution in [0.5, 0.6) is 0 Å². The van der Waals surface area contributed by atoms with E-state index in [1.165, 1.54) is 24.2 Å². The van der Waals surface area contributed by atoms with Gasteiger partial charge in [-0.05, 0) is 25.7 Å². The summed E-state index contributed by atoms with van der Waals surface area (Å²) in [5, 5.41) is 0. The lowest BCUT2D eigenvalue weighted by Gasteiger charge is -2.33. The molecule has 1 aliphatic carbocycles. The summed E-state index contributed by atoms with van der Waals surface area (Å²) in [7, 11) is 0. The second-order valence-electron chi connectivity index (χ2n) is 6.25. The minimum atomic E-state index is 0.372. The molecule has 1 aromatic rings. The number of piperidine rings is 1. The van der Waals surface area contributed by atoms with Gasteiger partial charge >= 0.3 is 0 Å². The average Bonchev–Trinajstić information content (AvgIpc) is 3.23. The molecule has 4 nitrogen and oxygen atoms in total. The first kappa shape index (κ1) is 12.9. The normalized spacial score (nSPS) is 21.2. The predicted octanol–water partition coefficient (Wildman–Crippen LogP) is 2.40. The molecule has 104 valence electrons. The maximum Gasteiger partial charge on any atom is 0.131 e. The molecule has 0 amide bonds. The molecule has 1 aromatic heterocycles. The van der Waals surface area contributed by atoms with Crippen LogP contribution in [0, 0.1) is 0 Å². The van der Waals surface area contributed by atoms with Crippen LogP contribution in [0.25, 0.3) is 0 Å². The van der Waals surface area contributed by atoms with E-state index < -0.39 is 0 Å². The lowest BCUT2D eigenvalue weighted by atomic mass is 10.0.